The van der Waals surface area contributed by atoms with E-state index < -0.39 is 5.97 Å². The van der Waals surface area contributed by atoms with Crippen LogP contribution in [0.3, 0.4) is 0 Å². The van der Waals surface area contributed by atoms with Gasteiger partial charge in [-0.15, -0.1) is 0 Å². The fourth-order valence-electron chi connectivity index (χ4n) is 3.24. The summed E-state index contributed by atoms with van der Waals surface area (Å²) in [5.41, 5.74) is 4.77. The highest BCUT2D eigenvalue weighted by molar-refractivity contribution is 9.10. The van der Waals surface area contributed by atoms with Crippen LogP contribution in [0.1, 0.15) is 16.1 Å². The van der Waals surface area contributed by atoms with E-state index in [4.69, 9.17) is 9.72 Å². The highest BCUT2D eigenvalue weighted by atomic mass is 79.9. The minimum absolute atomic E-state index is 0.400. The number of carbonyl (C=O) groups is 1. The Morgan fingerprint density at radius 2 is 1.55 bits per heavy atom. The maximum atomic E-state index is 12.9. The standard InChI is InChI=1S/C24H19BrN2O2/c1-16-8-10-18(11-9-16)23-26-21(17-6-4-3-5-7-17)22(24(28)29-2)27(23)20-14-12-19(25)13-15-20/h3-15H,1-2H3. The summed E-state index contributed by atoms with van der Waals surface area (Å²) in [4.78, 5) is 17.8. The van der Waals surface area contributed by atoms with Gasteiger partial charge in [0.05, 0.1) is 7.11 Å². The number of aromatic nitrogens is 2. The van der Waals surface area contributed by atoms with Crippen molar-refractivity contribution in [3.63, 3.8) is 0 Å². The van der Waals surface area contributed by atoms with Crippen molar-refractivity contribution in [1.82, 2.24) is 9.55 Å². The molecule has 0 atom stereocenters. The van der Waals surface area contributed by atoms with Gasteiger partial charge in [-0.3, -0.25) is 4.57 Å². The van der Waals surface area contributed by atoms with Crippen LogP contribution in [0.25, 0.3) is 28.3 Å². The second kappa shape index (κ2) is 8.05. The molecule has 3 aromatic carbocycles. The minimum Gasteiger partial charge on any atom is -0.464 e. The molecule has 5 heteroatoms. The monoisotopic (exact) mass is 446 g/mol. The molecule has 0 saturated carbocycles. The molecular weight excluding hydrogens is 428 g/mol. The third kappa shape index (κ3) is 3.74. The molecule has 29 heavy (non-hydrogen) atoms. The summed E-state index contributed by atoms with van der Waals surface area (Å²) in [6.45, 7) is 2.04. The Balaban J connectivity index is 2.06. The van der Waals surface area contributed by atoms with Crippen LogP contribution in [0.5, 0.6) is 0 Å². The molecule has 0 fully saturated rings. The van der Waals surface area contributed by atoms with Crippen LogP contribution in [-0.2, 0) is 4.74 Å². The van der Waals surface area contributed by atoms with E-state index in [1.165, 1.54) is 7.11 Å². The van der Waals surface area contributed by atoms with Crippen molar-refractivity contribution in [3.05, 3.63) is 94.6 Å². The summed E-state index contributed by atoms with van der Waals surface area (Å²) in [6, 6.07) is 25.6. The summed E-state index contributed by atoms with van der Waals surface area (Å²) in [5, 5.41) is 0. The van der Waals surface area contributed by atoms with Crippen LogP contribution in [0.15, 0.2) is 83.3 Å². The number of aryl methyl sites for hydroxylation is 1. The smallest absolute Gasteiger partial charge is 0.357 e. The van der Waals surface area contributed by atoms with Gasteiger partial charge in [0.1, 0.15) is 11.5 Å². The van der Waals surface area contributed by atoms with Gasteiger partial charge in [0.2, 0.25) is 0 Å². The number of methoxy groups -OCH3 is 1. The molecule has 0 N–H and O–H groups in total. The lowest BCUT2D eigenvalue weighted by molar-refractivity contribution is 0.0592. The van der Waals surface area contributed by atoms with Gasteiger partial charge in [0, 0.05) is 21.3 Å². The number of imidazole rings is 1. The number of rotatable bonds is 4. The SMILES string of the molecule is COC(=O)c1c(-c2ccccc2)nc(-c2ccc(C)cc2)n1-c1ccc(Br)cc1. The largest absolute Gasteiger partial charge is 0.464 e. The number of ether oxygens (including phenoxy) is 1. The van der Waals surface area contributed by atoms with Crippen LogP contribution in [0.4, 0.5) is 0 Å². The molecule has 4 aromatic rings. The van der Waals surface area contributed by atoms with E-state index in [1.54, 1.807) is 0 Å². The predicted molar refractivity (Wildman–Crippen MR) is 118 cm³/mol. The van der Waals surface area contributed by atoms with E-state index in [-0.39, 0.29) is 0 Å². The van der Waals surface area contributed by atoms with E-state index in [9.17, 15) is 4.79 Å². The molecule has 1 heterocycles. The average Bonchev–Trinajstić information content (AvgIpc) is 3.15. The summed E-state index contributed by atoms with van der Waals surface area (Å²) in [6.07, 6.45) is 0. The predicted octanol–water partition coefficient (Wildman–Crippen LogP) is 6.06. The zero-order chi connectivity index (χ0) is 20.4. The van der Waals surface area contributed by atoms with E-state index in [1.807, 2.05) is 90.4 Å². The van der Waals surface area contributed by atoms with Crippen LogP contribution < -0.4 is 0 Å². The van der Waals surface area contributed by atoms with Crippen molar-refractivity contribution in [1.29, 1.82) is 0 Å². The zero-order valence-electron chi connectivity index (χ0n) is 16.1. The van der Waals surface area contributed by atoms with Crippen molar-refractivity contribution in [3.8, 4) is 28.3 Å². The fraction of sp³-hybridized carbons (Fsp3) is 0.0833. The van der Waals surface area contributed by atoms with Crippen molar-refractivity contribution in [2.75, 3.05) is 7.11 Å². The van der Waals surface area contributed by atoms with Gasteiger partial charge in [-0.2, -0.15) is 0 Å². The summed E-state index contributed by atoms with van der Waals surface area (Å²) in [5.74, 6) is 0.254. The molecule has 144 valence electrons. The number of hydrogen-bond acceptors (Lipinski definition) is 3. The van der Waals surface area contributed by atoms with Gasteiger partial charge in [0.25, 0.3) is 0 Å². The van der Waals surface area contributed by atoms with E-state index in [0.717, 1.165) is 26.9 Å². The second-order valence-electron chi connectivity index (χ2n) is 6.67. The molecular formula is C24H19BrN2O2. The number of carbonyl (C=O) groups excluding carboxylic acids is 1. The molecule has 0 unspecified atom stereocenters. The Labute approximate surface area is 177 Å². The van der Waals surface area contributed by atoms with E-state index >= 15 is 0 Å². The molecule has 1 aromatic heterocycles. The second-order valence-corrected chi connectivity index (χ2v) is 7.58. The fourth-order valence-corrected chi connectivity index (χ4v) is 3.50. The Hall–Kier alpha value is -3.18. The number of benzene rings is 3. The molecule has 0 aliphatic rings. The topological polar surface area (TPSA) is 44.1 Å². The lowest BCUT2D eigenvalue weighted by Crippen LogP contribution is -2.11. The van der Waals surface area contributed by atoms with Crippen molar-refractivity contribution in [2.45, 2.75) is 6.92 Å². The van der Waals surface area contributed by atoms with Crippen LogP contribution in [0, 0.1) is 6.92 Å². The first-order chi connectivity index (χ1) is 14.1. The number of nitrogens with zero attached hydrogens (tertiary/aromatic N) is 2. The van der Waals surface area contributed by atoms with E-state index in [2.05, 4.69) is 15.9 Å². The molecule has 0 spiro atoms. The maximum absolute atomic E-state index is 12.9. The molecule has 4 nitrogen and oxygen atoms in total. The van der Waals surface area contributed by atoms with E-state index in [0.29, 0.717) is 17.2 Å². The van der Waals surface area contributed by atoms with Gasteiger partial charge in [-0.05, 0) is 31.2 Å². The van der Waals surface area contributed by atoms with Crippen LogP contribution in [-0.4, -0.2) is 22.6 Å². The zero-order valence-corrected chi connectivity index (χ0v) is 17.7. The van der Waals surface area contributed by atoms with Gasteiger partial charge >= 0.3 is 5.97 Å². The normalized spacial score (nSPS) is 10.7. The minimum atomic E-state index is -0.433. The van der Waals surface area contributed by atoms with Crippen molar-refractivity contribution in [2.24, 2.45) is 0 Å². The Kier molecular flexibility index (Phi) is 5.32. The van der Waals surface area contributed by atoms with Crippen molar-refractivity contribution >= 4 is 21.9 Å². The summed E-state index contributed by atoms with van der Waals surface area (Å²) < 4.78 is 7.97. The highest BCUT2D eigenvalue weighted by Crippen LogP contribution is 2.33. The Bertz CT molecular complexity index is 1150. The summed E-state index contributed by atoms with van der Waals surface area (Å²) in [7, 11) is 1.39. The first-order valence-corrected chi connectivity index (χ1v) is 9.97. The van der Waals surface area contributed by atoms with Crippen molar-refractivity contribution < 1.29 is 9.53 Å². The quantitative estimate of drug-likeness (QED) is 0.357. The lowest BCUT2D eigenvalue weighted by atomic mass is 10.1. The first-order valence-electron chi connectivity index (χ1n) is 9.18. The lowest BCUT2D eigenvalue weighted by Gasteiger charge is -2.12. The third-order valence-electron chi connectivity index (χ3n) is 4.70. The van der Waals surface area contributed by atoms with Crippen LogP contribution >= 0.6 is 15.9 Å². The van der Waals surface area contributed by atoms with Gasteiger partial charge in [-0.1, -0.05) is 76.1 Å². The van der Waals surface area contributed by atoms with Gasteiger partial charge in [0.15, 0.2) is 5.69 Å². The number of esters is 1. The summed E-state index contributed by atoms with van der Waals surface area (Å²) >= 11 is 3.48. The highest BCUT2D eigenvalue weighted by Gasteiger charge is 2.26. The van der Waals surface area contributed by atoms with Crippen LogP contribution in [0.2, 0.25) is 0 Å². The first kappa shape index (κ1) is 19.2. The average molecular weight is 447 g/mol. The molecule has 0 aliphatic heterocycles. The third-order valence-corrected chi connectivity index (χ3v) is 5.23. The molecule has 0 bridgehead atoms. The maximum Gasteiger partial charge on any atom is 0.357 e. The molecule has 4 rings (SSSR count). The molecule has 0 saturated heterocycles. The number of hydrogen-bond donors (Lipinski definition) is 0. The van der Waals surface area contributed by atoms with Gasteiger partial charge < -0.3 is 4.74 Å². The van der Waals surface area contributed by atoms with Gasteiger partial charge in [-0.25, -0.2) is 9.78 Å². The number of halogens is 1. The molecule has 0 radical (unpaired) electrons. The Morgan fingerprint density at radius 1 is 0.897 bits per heavy atom. The molecule has 0 amide bonds. The Morgan fingerprint density at radius 3 is 2.17 bits per heavy atom. The molecule has 0 aliphatic carbocycles.